The summed E-state index contributed by atoms with van der Waals surface area (Å²) in [5.41, 5.74) is 8.45. The topological polar surface area (TPSA) is 25.8 Å². The summed E-state index contributed by atoms with van der Waals surface area (Å²) in [6.07, 6.45) is 0. The lowest BCUT2D eigenvalue weighted by molar-refractivity contribution is 0.660. The summed E-state index contributed by atoms with van der Waals surface area (Å²) in [5, 5.41) is 1.07. The lowest BCUT2D eigenvalue weighted by Crippen LogP contribution is -2.14. The van der Waals surface area contributed by atoms with Crippen LogP contribution in [0.25, 0.3) is 33.3 Å². The molecule has 0 saturated heterocycles. The van der Waals surface area contributed by atoms with Crippen LogP contribution in [-0.2, 0) is 5.41 Å². The first-order valence-corrected chi connectivity index (χ1v) is 9.52. The van der Waals surface area contributed by atoms with Gasteiger partial charge in [0, 0.05) is 16.4 Å². The van der Waals surface area contributed by atoms with E-state index in [0.717, 1.165) is 22.2 Å². The van der Waals surface area contributed by atoms with Gasteiger partial charge in [-0.1, -0.05) is 68.4 Å². The average Bonchev–Trinajstić information content (AvgIpc) is 2.89. The molecule has 0 unspecified atom stereocenters. The van der Waals surface area contributed by atoms with Gasteiger partial charge in [0.05, 0.1) is 11.2 Å². The molecule has 1 heterocycles. The van der Waals surface area contributed by atoms with Crippen molar-refractivity contribution >= 4 is 26.8 Å². The van der Waals surface area contributed by atoms with Gasteiger partial charge in [-0.15, -0.1) is 0 Å². The largest absolute Gasteiger partial charge is 0.222 e. The van der Waals surface area contributed by atoms with E-state index in [1.54, 1.807) is 0 Å². The maximum atomic E-state index is 4.70. The smallest absolute Gasteiger partial charge is 0.197 e. The highest BCUT2D eigenvalue weighted by atomic mass is 79.9. The zero-order chi connectivity index (χ0) is 17.9. The molecular formula is C23H17BrN2. The number of benzene rings is 3. The molecule has 0 amide bonds. The van der Waals surface area contributed by atoms with Gasteiger partial charge in [-0.05, 0) is 50.3 Å². The number of hydrogen-bond acceptors (Lipinski definition) is 2. The molecule has 2 nitrogen and oxygen atoms in total. The third-order valence-electron chi connectivity index (χ3n) is 5.43. The van der Waals surface area contributed by atoms with Crippen molar-refractivity contribution in [3.05, 3.63) is 82.6 Å². The molecule has 26 heavy (non-hydrogen) atoms. The Bertz CT molecular complexity index is 1180. The highest BCUT2D eigenvalue weighted by Crippen LogP contribution is 2.49. The van der Waals surface area contributed by atoms with Crippen molar-refractivity contribution in [1.29, 1.82) is 0 Å². The molecule has 0 bridgehead atoms. The first kappa shape index (κ1) is 15.7. The minimum Gasteiger partial charge on any atom is -0.222 e. The van der Waals surface area contributed by atoms with Crippen LogP contribution in [-0.4, -0.2) is 9.97 Å². The molecule has 0 fully saturated rings. The Morgan fingerprint density at radius 1 is 0.769 bits per heavy atom. The summed E-state index contributed by atoms with van der Waals surface area (Å²) >= 11 is 3.47. The summed E-state index contributed by atoms with van der Waals surface area (Å²) in [4.78, 5) is 9.20. The van der Waals surface area contributed by atoms with Crippen molar-refractivity contribution in [2.75, 3.05) is 0 Å². The molecule has 0 aliphatic heterocycles. The summed E-state index contributed by atoms with van der Waals surface area (Å²) in [7, 11) is 0. The maximum Gasteiger partial charge on any atom is 0.197 e. The standard InChI is InChI=1S/C23H17BrN2/c1-23(2)18-9-5-3-7-15(18)16-12-11-14(13-19(16)23)21-17-8-4-6-10-20(17)25-22(24)26-21/h3-13H,1-2H3. The third kappa shape index (κ3) is 2.17. The second-order valence-corrected chi connectivity index (χ2v) is 8.00. The maximum absolute atomic E-state index is 4.70. The number of rotatable bonds is 1. The fourth-order valence-electron chi connectivity index (χ4n) is 4.12. The first-order valence-electron chi connectivity index (χ1n) is 8.73. The fourth-order valence-corrected chi connectivity index (χ4v) is 4.49. The highest BCUT2D eigenvalue weighted by Gasteiger charge is 2.35. The van der Waals surface area contributed by atoms with Crippen LogP contribution in [0, 0.1) is 0 Å². The molecule has 1 aromatic heterocycles. The van der Waals surface area contributed by atoms with Gasteiger partial charge in [0.25, 0.3) is 0 Å². The van der Waals surface area contributed by atoms with E-state index in [-0.39, 0.29) is 5.41 Å². The van der Waals surface area contributed by atoms with E-state index in [9.17, 15) is 0 Å². The van der Waals surface area contributed by atoms with Crippen LogP contribution in [0.15, 0.2) is 71.5 Å². The summed E-state index contributed by atoms with van der Waals surface area (Å²) in [5.74, 6) is 0. The monoisotopic (exact) mass is 400 g/mol. The van der Waals surface area contributed by atoms with Crippen molar-refractivity contribution in [2.45, 2.75) is 19.3 Å². The zero-order valence-electron chi connectivity index (χ0n) is 14.6. The second-order valence-electron chi connectivity index (χ2n) is 7.29. The lowest BCUT2D eigenvalue weighted by Gasteiger charge is -2.22. The number of para-hydroxylation sites is 1. The van der Waals surface area contributed by atoms with Crippen LogP contribution in [0.5, 0.6) is 0 Å². The first-order chi connectivity index (χ1) is 12.6. The Labute approximate surface area is 161 Å². The van der Waals surface area contributed by atoms with Gasteiger partial charge in [-0.25, -0.2) is 9.97 Å². The molecule has 0 atom stereocenters. The van der Waals surface area contributed by atoms with Crippen molar-refractivity contribution in [3.8, 4) is 22.4 Å². The molecular weight excluding hydrogens is 384 g/mol. The molecule has 5 rings (SSSR count). The number of nitrogens with zero attached hydrogens (tertiary/aromatic N) is 2. The number of fused-ring (bicyclic) bond motifs is 4. The fraction of sp³-hybridized carbons (Fsp3) is 0.130. The Morgan fingerprint density at radius 2 is 1.50 bits per heavy atom. The van der Waals surface area contributed by atoms with Crippen molar-refractivity contribution < 1.29 is 0 Å². The van der Waals surface area contributed by atoms with Crippen molar-refractivity contribution in [1.82, 2.24) is 9.97 Å². The van der Waals surface area contributed by atoms with Crippen LogP contribution >= 0.6 is 15.9 Å². The van der Waals surface area contributed by atoms with E-state index >= 15 is 0 Å². The summed E-state index contributed by atoms with van der Waals surface area (Å²) in [6, 6.07) is 23.6. The SMILES string of the molecule is CC1(C)c2ccccc2-c2ccc(-c3nc(Br)nc4ccccc34)cc21. The Balaban J connectivity index is 1.77. The molecule has 1 aliphatic rings. The third-order valence-corrected chi connectivity index (χ3v) is 5.79. The molecule has 0 N–H and O–H groups in total. The highest BCUT2D eigenvalue weighted by molar-refractivity contribution is 9.10. The van der Waals surface area contributed by atoms with E-state index < -0.39 is 0 Å². The predicted octanol–water partition coefficient (Wildman–Crippen LogP) is 6.37. The predicted molar refractivity (Wildman–Crippen MR) is 110 cm³/mol. The Morgan fingerprint density at radius 3 is 2.38 bits per heavy atom. The molecule has 0 spiro atoms. The van der Waals surface area contributed by atoms with Crippen LogP contribution < -0.4 is 0 Å². The number of aromatic nitrogens is 2. The quantitative estimate of drug-likeness (QED) is 0.347. The van der Waals surface area contributed by atoms with Gasteiger partial charge in [-0.3, -0.25) is 0 Å². The Hall–Kier alpha value is -2.52. The normalized spacial score (nSPS) is 14.3. The molecule has 3 heteroatoms. The molecule has 1 aliphatic carbocycles. The van der Waals surface area contributed by atoms with Gasteiger partial charge in [0.15, 0.2) is 4.73 Å². The molecule has 0 saturated carbocycles. The molecule has 126 valence electrons. The zero-order valence-corrected chi connectivity index (χ0v) is 16.2. The van der Waals surface area contributed by atoms with Crippen LogP contribution in [0.2, 0.25) is 0 Å². The number of hydrogen-bond donors (Lipinski definition) is 0. The average molecular weight is 401 g/mol. The van der Waals surface area contributed by atoms with E-state index in [2.05, 4.69) is 83.3 Å². The van der Waals surface area contributed by atoms with Crippen LogP contribution in [0.4, 0.5) is 0 Å². The molecule has 3 aromatic carbocycles. The van der Waals surface area contributed by atoms with Gasteiger partial charge >= 0.3 is 0 Å². The van der Waals surface area contributed by atoms with Crippen LogP contribution in [0.1, 0.15) is 25.0 Å². The van der Waals surface area contributed by atoms with E-state index in [0.29, 0.717) is 4.73 Å². The van der Waals surface area contributed by atoms with Crippen LogP contribution in [0.3, 0.4) is 0 Å². The lowest BCUT2D eigenvalue weighted by atomic mass is 9.82. The number of halogens is 1. The minimum atomic E-state index is -0.0119. The van der Waals surface area contributed by atoms with Gasteiger partial charge in [0.1, 0.15) is 0 Å². The van der Waals surface area contributed by atoms with Gasteiger partial charge < -0.3 is 0 Å². The Kier molecular flexibility index (Phi) is 3.32. The van der Waals surface area contributed by atoms with E-state index in [4.69, 9.17) is 4.98 Å². The van der Waals surface area contributed by atoms with Gasteiger partial charge in [-0.2, -0.15) is 0 Å². The summed E-state index contributed by atoms with van der Waals surface area (Å²) < 4.78 is 0.620. The van der Waals surface area contributed by atoms with E-state index in [1.165, 1.54) is 22.3 Å². The van der Waals surface area contributed by atoms with Gasteiger partial charge in [0.2, 0.25) is 0 Å². The summed E-state index contributed by atoms with van der Waals surface area (Å²) in [6.45, 7) is 4.60. The second kappa shape index (κ2) is 5.49. The van der Waals surface area contributed by atoms with Crippen molar-refractivity contribution in [2.24, 2.45) is 0 Å². The molecule has 0 radical (unpaired) electrons. The minimum absolute atomic E-state index is 0.0119. The molecule has 4 aromatic rings. The van der Waals surface area contributed by atoms with E-state index in [1.807, 2.05) is 18.2 Å². The van der Waals surface area contributed by atoms with Crippen molar-refractivity contribution in [3.63, 3.8) is 0 Å².